The molecule has 4 heteroatoms. The fourth-order valence-electron chi connectivity index (χ4n) is 3.65. The number of carboxylic acids is 1. The summed E-state index contributed by atoms with van der Waals surface area (Å²) in [5.41, 5.74) is 0. The third-order valence-corrected chi connectivity index (χ3v) is 4.77. The largest absolute Gasteiger partial charge is 0.481 e. The van der Waals surface area contributed by atoms with Crippen molar-refractivity contribution >= 4 is 11.9 Å². The molecule has 0 spiro atoms. The average molecular weight is 267 g/mol. The number of aliphatic carboxylic acids is 1. The van der Waals surface area contributed by atoms with Crippen LogP contribution in [0.3, 0.4) is 0 Å². The van der Waals surface area contributed by atoms with E-state index in [1.807, 2.05) is 4.90 Å². The monoisotopic (exact) mass is 267 g/mol. The summed E-state index contributed by atoms with van der Waals surface area (Å²) >= 11 is 0. The van der Waals surface area contributed by atoms with Crippen LogP contribution in [0.2, 0.25) is 0 Å². The lowest BCUT2D eigenvalue weighted by Gasteiger charge is -2.31. The van der Waals surface area contributed by atoms with Gasteiger partial charge in [0, 0.05) is 12.6 Å². The quantitative estimate of drug-likeness (QED) is 0.836. The van der Waals surface area contributed by atoms with Gasteiger partial charge in [0.25, 0.3) is 0 Å². The summed E-state index contributed by atoms with van der Waals surface area (Å²) in [6.45, 7) is 4.95. The smallest absolute Gasteiger partial charge is 0.307 e. The Morgan fingerprint density at radius 3 is 2.42 bits per heavy atom. The normalized spacial score (nSPS) is 36.0. The van der Waals surface area contributed by atoms with Crippen molar-refractivity contribution < 1.29 is 14.7 Å². The van der Waals surface area contributed by atoms with E-state index in [1.54, 1.807) is 0 Å². The first-order valence-corrected chi connectivity index (χ1v) is 7.54. The maximum Gasteiger partial charge on any atom is 0.307 e. The van der Waals surface area contributed by atoms with Crippen LogP contribution < -0.4 is 0 Å². The van der Waals surface area contributed by atoms with Crippen LogP contribution in [0.15, 0.2) is 0 Å². The molecule has 2 rings (SSSR count). The second-order valence-corrected chi connectivity index (χ2v) is 6.36. The number of hydrogen-bond donors (Lipinski definition) is 1. The number of carbonyl (C=O) groups is 2. The second kappa shape index (κ2) is 5.93. The molecule has 1 saturated carbocycles. The Morgan fingerprint density at radius 1 is 1.05 bits per heavy atom. The summed E-state index contributed by atoms with van der Waals surface area (Å²) in [7, 11) is 0. The Hall–Kier alpha value is -1.06. The Labute approximate surface area is 115 Å². The molecule has 1 N–H and O–H groups in total. The van der Waals surface area contributed by atoms with Gasteiger partial charge in [-0.05, 0) is 38.5 Å². The highest BCUT2D eigenvalue weighted by molar-refractivity contribution is 5.85. The zero-order valence-electron chi connectivity index (χ0n) is 12.0. The summed E-state index contributed by atoms with van der Waals surface area (Å²) in [5.74, 6) is -1.14. The zero-order chi connectivity index (χ0) is 14.0. The Bertz CT molecular complexity index is 355. The highest BCUT2D eigenvalue weighted by Crippen LogP contribution is 2.38. The summed E-state index contributed by atoms with van der Waals surface area (Å²) in [6, 6.07) is 0.264. The second-order valence-electron chi connectivity index (χ2n) is 6.36. The van der Waals surface area contributed by atoms with E-state index >= 15 is 0 Å². The molecule has 0 aromatic carbocycles. The van der Waals surface area contributed by atoms with Gasteiger partial charge in [-0.3, -0.25) is 9.59 Å². The van der Waals surface area contributed by atoms with Crippen LogP contribution in [-0.4, -0.2) is 34.5 Å². The molecule has 19 heavy (non-hydrogen) atoms. The molecule has 108 valence electrons. The van der Waals surface area contributed by atoms with Gasteiger partial charge >= 0.3 is 5.97 Å². The van der Waals surface area contributed by atoms with Crippen LogP contribution in [0.5, 0.6) is 0 Å². The van der Waals surface area contributed by atoms with Crippen molar-refractivity contribution in [1.29, 1.82) is 0 Å². The minimum absolute atomic E-state index is 0.0890. The molecule has 0 aromatic heterocycles. The molecule has 4 atom stereocenters. The topological polar surface area (TPSA) is 57.6 Å². The van der Waals surface area contributed by atoms with Crippen LogP contribution in [-0.2, 0) is 9.59 Å². The van der Waals surface area contributed by atoms with Gasteiger partial charge in [-0.25, -0.2) is 0 Å². The van der Waals surface area contributed by atoms with E-state index in [0.717, 1.165) is 25.8 Å². The van der Waals surface area contributed by atoms with E-state index in [-0.39, 0.29) is 17.9 Å². The molecule has 1 heterocycles. The summed E-state index contributed by atoms with van der Waals surface area (Å²) in [5, 5.41) is 9.30. The van der Waals surface area contributed by atoms with Crippen molar-refractivity contribution in [3.63, 3.8) is 0 Å². The maximum absolute atomic E-state index is 12.7. The van der Waals surface area contributed by atoms with E-state index in [9.17, 15) is 14.7 Å². The van der Waals surface area contributed by atoms with Gasteiger partial charge in [0.15, 0.2) is 0 Å². The molecule has 4 nitrogen and oxygen atoms in total. The van der Waals surface area contributed by atoms with E-state index in [4.69, 9.17) is 0 Å². The Kier molecular flexibility index (Phi) is 4.48. The van der Waals surface area contributed by atoms with Crippen molar-refractivity contribution in [2.75, 3.05) is 6.54 Å². The molecular weight excluding hydrogens is 242 g/mol. The Balaban J connectivity index is 2.10. The van der Waals surface area contributed by atoms with Crippen LogP contribution >= 0.6 is 0 Å². The fourth-order valence-corrected chi connectivity index (χ4v) is 3.65. The first-order chi connectivity index (χ1) is 9.00. The van der Waals surface area contributed by atoms with E-state index in [1.165, 1.54) is 12.8 Å². The molecule has 0 radical (unpaired) electrons. The van der Waals surface area contributed by atoms with Crippen molar-refractivity contribution in [3.8, 4) is 0 Å². The van der Waals surface area contributed by atoms with Crippen molar-refractivity contribution in [2.24, 2.45) is 17.8 Å². The van der Waals surface area contributed by atoms with Gasteiger partial charge in [0.1, 0.15) is 0 Å². The number of carboxylic acid groups (broad SMARTS) is 1. The highest BCUT2D eigenvalue weighted by Gasteiger charge is 2.43. The van der Waals surface area contributed by atoms with Gasteiger partial charge in [-0.15, -0.1) is 0 Å². The van der Waals surface area contributed by atoms with Crippen molar-refractivity contribution in [2.45, 2.75) is 58.4 Å². The van der Waals surface area contributed by atoms with E-state index in [0.29, 0.717) is 12.3 Å². The average Bonchev–Trinajstić information content (AvgIpc) is 2.62. The van der Waals surface area contributed by atoms with Gasteiger partial charge < -0.3 is 10.0 Å². The number of hydrogen-bond acceptors (Lipinski definition) is 2. The SMILES string of the molecule is CC1CC(C(=O)O)C(C(=O)N2CCCCCC2C)C1. The maximum atomic E-state index is 12.7. The van der Waals surface area contributed by atoms with Crippen LogP contribution in [0.25, 0.3) is 0 Å². The molecule has 1 aliphatic carbocycles. The lowest BCUT2D eigenvalue weighted by molar-refractivity contribution is -0.150. The molecule has 1 aliphatic heterocycles. The van der Waals surface area contributed by atoms with Crippen molar-refractivity contribution in [3.05, 3.63) is 0 Å². The third kappa shape index (κ3) is 3.10. The molecule has 2 aliphatic rings. The predicted molar refractivity (Wildman–Crippen MR) is 72.7 cm³/mol. The standard InChI is InChI=1S/C15H25NO3/c1-10-8-12(13(9-10)15(18)19)14(17)16-7-5-3-4-6-11(16)2/h10-13H,3-9H2,1-2H3,(H,18,19). The van der Waals surface area contributed by atoms with Crippen molar-refractivity contribution in [1.82, 2.24) is 4.90 Å². The third-order valence-electron chi connectivity index (χ3n) is 4.77. The lowest BCUT2D eigenvalue weighted by atomic mass is 9.94. The molecule has 4 unspecified atom stereocenters. The summed E-state index contributed by atoms with van der Waals surface area (Å²) < 4.78 is 0. The first-order valence-electron chi connectivity index (χ1n) is 7.54. The van der Waals surface area contributed by atoms with Crippen LogP contribution in [0.4, 0.5) is 0 Å². The number of carbonyl (C=O) groups excluding carboxylic acids is 1. The lowest BCUT2D eigenvalue weighted by Crippen LogP contribution is -2.43. The minimum atomic E-state index is -0.801. The fraction of sp³-hybridized carbons (Fsp3) is 0.867. The number of amides is 1. The first kappa shape index (κ1) is 14.4. The van der Waals surface area contributed by atoms with Gasteiger partial charge in [0.05, 0.1) is 11.8 Å². The molecule has 0 bridgehead atoms. The molecule has 0 aromatic rings. The summed E-state index contributed by atoms with van der Waals surface area (Å²) in [6.07, 6.45) is 5.83. The van der Waals surface area contributed by atoms with E-state index in [2.05, 4.69) is 13.8 Å². The molecular formula is C15H25NO3. The number of nitrogens with zero attached hydrogens (tertiary/aromatic N) is 1. The molecule has 1 saturated heterocycles. The van der Waals surface area contributed by atoms with Gasteiger partial charge in [0.2, 0.25) is 5.91 Å². The minimum Gasteiger partial charge on any atom is -0.481 e. The van der Waals surface area contributed by atoms with Crippen LogP contribution in [0.1, 0.15) is 52.4 Å². The predicted octanol–water partition coefficient (Wildman–Crippen LogP) is 2.52. The zero-order valence-corrected chi connectivity index (χ0v) is 12.0. The van der Waals surface area contributed by atoms with Gasteiger partial charge in [-0.1, -0.05) is 19.8 Å². The number of likely N-dealkylation sites (tertiary alicyclic amines) is 1. The van der Waals surface area contributed by atoms with Crippen LogP contribution in [0, 0.1) is 17.8 Å². The highest BCUT2D eigenvalue weighted by atomic mass is 16.4. The van der Waals surface area contributed by atoms with Gasteiger partial charge in [-0.2, -0.15) is 0 Å². The Morgan fingerprint density at radius 2 is 1.74 bits per heavy atom. The molecule has 1 amide bonds. The molecule has 2 fully saturated rings. The van der Waals surface area contributed by atoms with E-state index < -0.39 is 11.9 Å². The summed E-state index contributed by atoms with van der Waals surface area (Å²) in [4.78, 5) is 26.0. The number of rotatable bonds is 2.